The number of hydrogen-bond donors (Lipinski definition) is 0. The molecule has 0 aliphatic carbocycles. The Bertz CT molecular complexity index is 249. The third kappa shape index (κ3) is 1.81. The molecule has 2 fully saturated rings. The molecule has 15 heavy (non-hydrogen) atoms. The smallest absolute Gasteiger partial charge is 0.320 e. The molecule has 0 unspecified atom stereocenters. The van der Waals surface area contributed by atoms with E-state index in [1.807, 2.05) is 4.90 Å². The summed E-state index contributed by atoms with van der Waals surface area (Å²) >= 11 is 0. The second-order valence-corrected chi connectivity index (χ2v) is 4.41. The number of ether oxygens (including phenoxy) is 2. The Morgan fingerprint density at radius 2 is 1.93 bits per heavy atom. The van der Waals surface area contributed by atoms with Gasteiger partial charge in [0.15, 0.2) is 0 Å². The molecule has 2 saturated heterocycles. The maximum absolute atomic E-state index is 12.0. The lowest BCUT2D eigenvalue weighted by Crippen LogP contribution is -2.61. The molecule has 0 N–H and O–H groups in total. The standard InChI is InChI=1S/C10H18N2O3/c1-11(2)9(13)12-4-6-15-8-10(12)3-5-14-7-10/h3-8H2,1-2H3/t10-/m1/s1. The van der Waals surface area contributed by atoms with Crippen LogP contribution < -0.4 is 0 Å². The molecule has 2 amide bonds. The molecule has 0 bridgehead atoms. The Kier molecular flexibility index (Phi) is 2.84. The van der Waals surface area contributed by atoms with E-state index in [1.54, 1.807) is 19.0 Å². The molecule has 0 saturated carbocycles. The van der Waals surface area contributed by atoms with Crippen molar-refractivity contribution in [3.05, 3.63) is 0 Å². The highest BCUT2D eigenvalue weighted by Crippen LogP contribution is 2.29. The summed E-state index contributed by atoms with van der Waals surface area (Å²) in [7, 11) is 3.56. The van der Waals surface area contributed by atoms with Crippen LogP contribution in [-0.4, -0.2) is 68.4 Å². The number of nitrogens with zero attached hydrogens (tertiary/aromatic N) is 2. The molecule has 1 atom stereocenters. The number of hydrogen-bond acceptors (Lipinski definition) is 3. The first-order valence-corrected chi connectivity index (χ1v) is 5.30. The van der Waals surface area contributed by atoms with Crippen LogP contribution in [0.4, 0.5) is 4.79 Å². The van der Waals surface area contributed by atoms with E-state index in [2.05, 4.69) is 0 Å². The van der Waals surface area contributed by atoms with Gasteiger partial charge >= 0.3 is 6.03 Å². The molecule has 86 valence electrons. The molecule has 1 spiro atoms. The van der Waals surface area contributed by atoms with Crippen LogP contribution in [0, 0.1) is 0 Å². The monoisotopic (exact) mass is 214 g/mol. The predicted octanol–water partition coefficient (Wildman–Crippen LogP) is 0.159. The molecule has 0 aromatic carbocycles. The third-order valence-corrected chi connectivity index (χ3v) is 3.10. The quantitative estimate of drug-likeness (QED) is 0.577. The number of amides is 2. The van der Waals surface area contributed by atoms with E-state index in [0.29, 0.717) is 26.4 Å². The zero-order chi connectivity index (χ0) is 10.9. The van der Waals surface area contributed by atoms with Crippen LogP contribution in [-0.2, 0) is 9.47 Å². The summed E-state index contributed by atoms with van der Waals surface area (Å²) in [4.78, 5) is 15.5. The lowest BCUT2D eigenvalue weighted by atomic mass is 9.96. The predicted molar refractivity (Wildman–Crippen MR) is 54.8 cm³/mol. The maximum Gasteiger partial charge on any atom is 0.320 e. The number of morpholine rings is 1. The van der Waals surface area contributed by atoms with Gasteiger partial charge in [-0.15, -0.1) is 0 Å². The first-order valence-electron chi connectivity index (χ1n) is 5.30. The zero-order valence-electron chi connectivity index (χ0n) is 9.36. The van der Waals surface area contributed by atoms with Crippen LogP contribution in [0.3, 0.4) is 0 Å². The number of carbonyl (C=O) groups is 1. The maximum atomic E-state index is 12.0. The van der Waals surface area contributed by atoms with Crippen molar-refractivity contribution in [1.82, 2.24) is 9.80 Å². The van der Waals surface area contributed by atoms with Crippen LogP contribution >= 0.6 is 0 Å². The lowest BCUT2D eigenvalue weighted by Gasteiger charge is -2.44. The number of carbonyl (C=O) groups excluding carboxylic acids is 1. The summed E-state index contributed by atoms with van der Waals surface area (Å²) in [6.45, 7) is 3.22. The minimum Gasteiger partial charge on any atom is -0.379 e. The van der Waals surface area contributed by atoms with Gasteiger partial charge in [0.2, 0.25) is 0 Å². The highest BCUT2D eigenvalue weighted by Gasteiger charge is 2.45. The van der Waals surface area contributed by atoms with Gasteiger partial charge in [0.05, 0.1) is 25.4 Å². The van der Waals surface area contributed by atoms with Gasteiger partial charge in [-0.1, -0.05) is 0 Å². The topological polar surface area (TPSA) is 42.0 Å². The molecule has 5 nitrogen and oxygen atoms in total. The van der Waals surface area contributed by atoms with Crippen LogP contribution in [0.2, 0.25) is 0 Å². The number of rotatable bonds is 0. The van der Waals surface area contributed by atoms with Gasteiger partial charge in [0.1, 0.15) is 0 Å². The molecular weight excluding hydrogens is 196 g/mol. The minimum atomic E-state index is -0.209. The van der Waals surface area contributed by atoms with Crippen molar-refractivity contribution < 1.29 is 14.3 Å². The summed E-state index contributed by atoms with van der Waals surface area (Å²) in [6, 6.07) is 0.0591. The molecule has 0 aromatic heterocycles. The van der Waals surface area contributed by atoms with Gasteiger partial charge in [-0.25, -0.2) is 4.79 Å². The lowest BCUT2D eigenvalue weighted by molar-refractivity contribution is -0.0523. The van der Waals surface area contributed by atoms with Crippen molar-refractivity contribution in [2.45, 2.75) is 12.0 Å². The molecule has 2 aliphatic heterocycles. The van der Waals surface area contributed by atoms with Crippen molar-refractivity contribution in [3.8, 4) is 0 Å². The van der Waals surface area contributed by atoms with Gasteiger partial charge in [-0.05, 0) is 6.42 Å². The molecule has 0 radical (unpaired) electrons. The molecule has 2 heterocycles. The fourth-order valence-corrected chi connectivity index (χ4v) is 2.20. The van der Waals surface area contributed by atoms with Crippen molar-refractivity contribution >= 4 is 6.03 Å². The Hall–Kier alpha value is -0.810. The van der Waals surface area contributed by atoms with E-state index < -0.39 is 0 Å². The summed E-state index contributed by atoms with van der Waals surface area (Å²) in [6.07, 6.45) is 0.882. The molecule has 2 aliphatic rings. The normalized spacial score (nSPS) is 30.9. The van der Waals surface area contributed by atoms with E-state index in [9.17, 15) is 4.79 Å². The Labute approximate surface area is 89.9 Å². The Morgan fingerprint density at radius 3 is 2.53 bits per heavy atom. The van der Waals surface area contributed by atoms with E-state index in [1.165, 1.54) is 0 Å². The fraction of sp³-hybridized carbons (Fsp3) is 0.900. The van der Waals surface area contributed by atoms with Crippen LogP contribution in [0.1, 0.15) is 6.42 Å². The van der Waals surface area contributed by atoms with E-state index in [4.69, 9.17) is 9.47 Å². The van der Waals surface area contributed by atoms with Gasteiger partial charge in [0, 0.05) is 27.2 Å². The van der Waals surface area contributed by atoms with Gasteiger partial charge in [0.25, 0.3) is 0 Å². The minimum absolute atomic E-state index is 0.0591. The second-order valence-electron chi connectivity index (χ2n) is 4.41. The van der Waals surface area contributed by atoms with Gasteiger partial charge in [-0.3, -0.25) is 0 Å². The first-order chi connectivity index (χ1) is 7.16. The summed E-state index contributed by atoms with van der Waals surface area (Å²) in [5.74, 6) is 0. The summed E-state index contributed by atoms with van der Waals surface area (Å²) in [5, 5.41) is 0. The molecule has 2 rings (SSSR count). The third-order valence-electron chi connectivity index (χ3n) is 3.10. The van der Waals surface area contributed by atoms with Gasteiger partial charge < -0.3 is 19.3 Å². The van der Waals surface area contributed by atoms with Crippen molar-refractivity contribution in [1.29, 1.82) is 0 Å². The molecule has 0 aromatic rings. The highest BCUT2D eigenvalue weighted by molar-refractivity contribution is 5.75. The van der Waals surface area contributed by atoms with Crippen LogP contribution in [0.5, 0.6) is 0 Å². The first kappa shape index (κ1) is 10.7. The Balaban J connectivity index is 2.15. The average molecular weight is 214 g/mol. The van der Waals surface area contributed by atoms with Crippen molar-refractivity contribution in [2.24, 2.45) is 0 Å². The van der Waals surface area contributed by atoms with E-state index in [-0.39, 0.29) is 11.6 Å². The Morgan fingerprint density at radius 1 is 1.27 bits per heavy atom. The van der Waals surface area contributed by atoms with Crippen molar-refractivity contribution in [2.75, 3.05) is 47.1 Å². The van der Waals surface area contributed by atoms with Crippen LogP contribution in [0.25, 0.3) is 0 Å². The summed E-state index contributed by atoms with van der Waals surface area (Å²) in [5.41, 5.74) is -0.209. The van der Waals surface area contributed by atoms with Crippen LogP contribution in [0.15, 0.2) is 0 Å². The fourth-order valence-electron chi connectivity index (χ4n) is 2.20. The average Bonchev–Trinajstić information content (AvgIpc) is 2.67. The second kappa shape index (κ2) is 3.98. The van der Waals surface area contributed by atoms with E-state index >= 15 is 0 Å². The molecular formula is C10H18N2O3. The molecule has 5 heteroatoms. The SMILES string of the molecule is CN(C)C(=O)N1CCOC[C@]12CCOC2. The number of urea groups is 1. The zero-order valence-corrected chi connectivity index (χ0v) is 9.36. The van der Waals surface area contributed by atoms with Crippen molar-refractivity contribution in [3.63, 3.8) is 0 Å². The van der Waals surface area contributed by atoms with Gasteiger partial charge in [-0.2, -0.15) is 0 Å². The van der Waals surface area contributed by atoms with E-state index in [0.717, 1.165) is 13.0 Å². The highest BCUT2D eigenvalue weighted by atomic mass is 16.5. The largest absolute Gasteiger partial charge is 0.379 e. The summed E-state index contributed by atoms with van der Waals surface area (Å²) < 4.78 is 10.9.